The van der Waals surface area contributed by atoms with Gasteiger partial charge in [-0.2, -0.15) is 0 Å². The molecule has 1 spiro atoms. The molecule has 0 aromatic carbocycles. The van der Waals surface area contributed by atoms with Crippen LogP contribution in [0.4, 0.5) is 0 Å². The summed E-state index contributed by atoms with van der Waals surface area (Å²) >= 11 is 0. The van der Waals surface area contributed by atoms with E-state index in [2.05, 4.69) is 10.6 Å². The van der Waals surface area contributed by atoms with Crippen molar-refractivity contribution in [1.29, 1.82) is 0 Å². The maximum absolute atomic E-state index is 3.82. The lowest BCUT2D eigenvalue weighted by molar-refractivity contribution is 0.0810. The summed E-state index contributed by atoms with van der Waals surface area (Å²) in [7, 11) is 0. The molecule has 1 atom stereocenters. The highest BCUT2D eigenvalue weighted by atomic mass is 15.0. The zero-order chi connectivity index (χ0) is 10.1. The molecule has 2 saturated heterocycles. The molecule has 1 unspecified atom stereocenters. The zero-order valence-electron chi connectivity index (χ0n) is 9.73. The van der Waals surface area contributed by atoms with Crippen LogP contribution in [0, 0.1) is 11.3 Å². The Labute approximate surface area is 93.2 Å². The number of hydrogen-bond acceptors (Lipinski definition) is 2. The van der Waals surface area contributed by atoms with Crippen LogP contribution < -0.4 is 10.6 Å². The molecule has 0 amide bonds. The van der Waals surface area contributed by atoms with Crippen molar-refractivity contribution in [2.24, 2.45) is 11.3 Å². The van der Waals surface area contributed by atoms with Crippen molar-refractivity contribution < 1.29 is 0 Å². The summed E-state index contributed by atoms with van der Waals surface area (Å²) in [5, 5.41) is 7.34. The third-order valence-electron chi connectivity index (χ3n) is 4.85. The van der Waals surface area contributed by atoms with Crippen LogP contribution in [0.15, 0.2) is 0 Å². The largest absolute Gasteiger partial charge is 0.317 e. The Kier molecular flexibility index (Phi) is 2.73. The van der Waals surface area contributed by atoms with Crippen LogP contribution in [-0.4, -0.2) is 25.7 Å². The van der Waals surface area contributed by atoms with E-state index in [-0.39, 0.29) is 0 Å². The lowest BCUT2D eigenvalue weighted by atomic mass is 9.66. The molecule has 0 radical (unpaired) electrons. The molecule has 3 fully saturated rings. The van der Waals surface area contributed by atoms with Gasteiger partial charge in [0.2, 0.25) is 0 Å². The van der Waals surface area contributed by atoms with Gasteiger partial charge in [0.05, 0.1) is 0 Å². The molecule has 2 N–H and O–H groups in total. The first-order chi connectivity index (χ1) is 7.39. The summed E-state index contributed by atoms with van der Waals surface area (Å²) in [5.41, 5.74) is 0.673. The van der Waals surface area contributed by atoms with Crippen molar-refractivity contribution in [2.45, 2.75) is 51.0 Å². The van der Waals surface area contributed by atoms with E-state index >= 15 is 0 Å². The van der Waals surface area contributed by atoms with Gasteiger partial charge in [0.25, 0.3) is 0 Å². The summed E-state index contributed by atoms with van der Waals surface area (Å²) in [6, 6.07) is 0.848. The first kappa shape index (κ1) is 10.1. The maximum Gasteiger partial charge on any atom is 0.0127 e. The molecule has 0 aromatic rings. The Morgan fingerprint density at radius 3 is 2.53 bits per heavy atom. The number of hydrogen-bond donors (Lipinski definition) is 2. The molecule has 15 heavy (non-hydrogen) atoms. The molecule has 1 saturated carbocycles. The van der Waals surface area contributed by atoms with Gasteiger partial charge in [0.15, 0.2) is 0 Å². The van der Waals surface area contributed by atoms with Gasteiger partial charge in [0, 0.05) is 6.04 Å². The highest BCUT2D eigenvalue weighted by Gasteiger charge is 2.43. The van der Waals surface area contributed by atoms with Gasteiger partial charge in [-0.15, -0.1) is 0 Å². The third kappa shape index (κ3) is 2.07. The van der Waals surface area contributed by atoms with Gasteiger partial charge in [-0.05, 0) is 63.1 Å². The predicted molar refractivity (Wildman–Crippen MR) is 62.9 cm³/mol. The molecular weight excluding hydrogens is 184 g/mol. The Bertz CT molecular complexity index is 208. The summed E-state index contributed by atoms with van der Waals surface area (Å²) in [6.45, 7) is 3.78. The van der Waals surface area contributed by atoms with Crippen molar-refractivity contribution in [1.82, 2.24) is 10.6 Å². The van der Waals surface area contributed by atoms with Crippen molar-refractivity contribution in [3.63, 3.8) is 0 Å². The normalized spacial score (nSPS) is 35.6. The van der Waals surface area contributed by atoms with Crippen LogP contribution in [0.1, 0.15) is 44.9 Å². The molecule has 3 rings (SSSR count). The van der Waals surface area contributed by atoms with E-state index in [0.29, 0.717) is 5.41 Å². The highest BCUT2D eigenvalue weighted by molar-refractivity contribution is 4.99. The van der Waals surface area contributed by atoms with E-state index in [1.807, 2.05) is 0 Å². The molecule has 2 aliphatic heterocycles. The van der Waals surface area contributed by atoms with E-state index < -0.39 is 0 Å². The minimum absolute atomic E-state index is 0.673. The Morgan fingerprint density at radius 2 is 1.80 bits per heavy atom. The summed E-state index contributed by atoms with van der Waals surface area (Å²) in [5.74, 6) is 1.08. The predicted octanol–water partition coefficient (Wildman–Crippen LogP) is 1.91. The van der Waals surface area contributed by atoms with Crippen molar-refractivity contribution in [3.05, 3.63) is 0 Å². The topological polar surface area (TPSA) is 24.1 Å². The lowest BCUT2D eigenvalue weighted by Crippen LogP contribution is -2.54. The SMILES string of the molecule is C1CNC(CC2CC2)C2(C1)CCNCC2. The minimum atomic E-state index is 0.673. The molecule has 86 valence electrons. The van der Waals surface area contributed by atoms with Crippen LogP contribution >= 0.6 is 0 Å². The Hall–Kier alpha value is -0.0800. The monoisotopic (exact) mass is 208 g/mol. The number of nitrogens with one attached hydrogen (secondary N) is 2. The van der Waals surface area contributed by atoms with Crippen molar-refractivity contribution >= 4 is 0 Å². The fourth-order valence-electron chi connectivity index (χ4n) is 3.65. The third-order valence-corrected chi connectivity index (χ3v) is 4.85. The molecule has 2 heterocycles. The number of rotatable bonds is 2. The maximum atomic E-state index is 3.82. The van der Waals surface area contributed by atoms with Crippen molar-refractivity contribution in [2.75, 3.05) is 19.6 Å². The van der Waals surface area contributed by atoms with Gasteiger partial charge in [-0.25, -0.2) is 0 Å². The summed E-state index contributed by atoms with van der Waals surface area (Å²) in [6.07, 6.45) is 10.2. The molecule has 0 aromatic heterocycles. The minimum Gasteiger partial charge on any atom is -0.317 e. The average molecular weight is 208 g/mol. The molecule has 1 aliphatic carbocycles. The first-order valence-electron chi connectivity index (χ1n) is 6.83. The van der Waals surface area contributed by atoms with Gasteiger partial charge < -0.3 is 10.6 Å². The zero-order valence-corrected chi connectivity index (χ0v) is 9.73. The second-order valence-corrected chi connectivity index (χ2v) is 5.90. The first-order valence-corrected chi connectivity index (χ1v) is 6.83. The second kappa shape index (κ2) is 4.06. The van der Waals surface area contributed by atoms with Gasteiger partial charge >= 0.3 is 0 Å². The molecule has 0 bridgehead atoms. The standard InChI is InChI=1S/C13H24N2/c1-4-13(5-8-14-9-6-13)12(15-7-1)10-11-2-3-11/h11-12,14-15H,1-10H2. The summed E-state index contributed by atoms with van der Waals surface area (Å²) in [4.78, 5) is 0. The van der Waals surface area contributed by atoms with Crippen LogP contribution in [0.25, 0.3) is 0 Å². The molecular formula is C13H24N2. The average Bonchev–Trinajstić information content (AvgIpc) is 3.07. The molecule has 2 heteroatoms. The van der Waals surface area contributed by atoms with E-state index in [0.717, 1.165) is 12.0 Å². The van der Waals surface area contributed by atoms with E-state index in [1.54, 1.807) is 0 Å². The van der Waals surface area contributed by atoms with Crippen LogP contribution in [0.5, 0.6) is 0 Å². The molecule has 3 aliphatic rings. The second-order valence-electron chi connectivity index (χ2n) is 5.90. The molecule has 2 nitrogen and oxygen atoms in total. The fourth-order valence-corrected chi connectivity index (χ4v) is 3.65. The lowest BCUT2D eigenvalue weighted by Gasteiger charge is -2.47. The van der Waals surface area contributed by atoms with Crippen LogP contribution in [0.3, 0.4) is 0 Å². The van der Waals surface area contributed by atoms with Gasteiger partial charge in [-0.1, -0.05) is 12.8 Å². The smallest absolute Gasteiger partial charge is 0.0127 e. The quantitative estimate of drug-likeness (QED) is 0.724. The van der Waals surface area contributed by atoms with Gasteiger partial charge in [-0.3, -0.25) is 0 Å². The highest BCUT2D eigenvalue weighted by Crippen LogP contribution is 2.45. The van der Waals surface area contributed by atoms with E-state index in [1.165, 1.54) is 64.6 Å². The van der Waals surface area contributed by atoms with E-state index in [9.17, 15) is 0 Å². The Balaban J connectivity index is 1.69. The number of piperidine rings is 2. The van der Waals surface area contributed by atoms with Crippen LogP contribution in [0.2, 0.25) is 0 Å². The Morgan fingerprint density at radius 1 is 1.00 bits per heavy atom. The van der Waals surface area contributed by atoms with Gasteiger partial charge in [0.1, 0.15) is 0 Å². The van der Waals surface area contributed by atoms with E-state index in [4.69, 9.17) is 0 Å². The summed E-state index contributed by atoms with van der Waals surface area (Å²) < 4.78 is 0. The van der Waals surface area contributed by atoms with Crippen molar-refractivity contribution in [3.8, 4) is 0 Å². The fraction of sp³-hybridized carbons (Fsp3) is 1.00. The van der Waals surface area contributed by atoms with Crippen LogP contribution in [-0.2, 0) is 0 Å².